The molecule has 3 rings (SSSR count). The van der Waals surface area contributed by atoms with Crippen molar-refractivity contribution in [2.75, 3.05) is 6.61 Å². The number of carbonyl (C=O) groups is 2. The van der Waals surface area contributed by atoms with E-state index in [0.717, 1.165) is 22.2 Å². The molecule has 31 heavy (non-hydrogen) atoms. The maximum atomic E-state index is 12.2. The van der Waals surface area contributed by atoms with Crippen molar-refractivity contribution in [2.24, 2.45) is 19.2 Å². The van der Waals surface area contributed by atoms with Crippen molar-refractivity contribution in [3.63, 3.8) is 0 Å². The number of hydrogen-bond acceptors (Lipinski definition) is 5. The molecular weight excluding hydrogens is 398 g/mol. The third kappa shape index (κ3) is 5.00. The van der Waals surface area contributed by atoms with Gasteiger partial charge in [-0.2, -0.15) is 5.10 Å². The first-order valence-electron chi connectivity index (χ1n) is 9.74. The zero-order chi connectivity index (χ0) is 22.5. The predicted molar refractivity (Wildman–Crippen MR) is 118 cm³/mol. The second-order valence-electron chi connectivity index (χ2n) is 7.23. The fourth-order valence-corrected chi connectivity index (χ4v) is 3.08. The molecule has 0 fully saturated rings. The normalized spacial score (nSPS) is 12.1. The molecule has 0 aliphatic heterocycles. The SMILES string of the molecule is Cc1ccccc1OCC(=O)NC(C)C(=O)N/N=C\c1ccc2c(c1)n(C)c(=O)n2C. The molecule has 1 aromatic heterocycles. The second-order valence-corrected chi connectivity index (χ2v) is 7.23. The van der Waals surface area contributed by atoms with E-state index in [-0.39, 0.29) is 12.3 Å². The number of aryl methyl sites for hydroxylation is 3. The maximum Gasteiger partial charge on any atom is 0.328 e. The van der Waals surface area contributed by atoms with E-state index in [4.69, 9.17) is 4.74 Å². The van der Waals surface area contributed by atoms with E-state index in [1.54, 1.807) is 48.4 Å². The Hall–Kier alpha value is -3.88. The molecule has 0 bridgehead atoms. The van der Waals surface area contributed by atoms with Gasteiger partial charge in [-0.05, 0) is 43.2 Å². The number of nitrogens with zero attached hydrogens (tertiary/aromatic N) is 3. The van der Waals surface area contributed by atoms with E-state index in [1.165, 1.54) is 6.21 Å². The number of imidazole rings is 1. The van der Waals surface area contributed by atoms with Crippen molar-refractivity contribution in [1.82, 2.24) is 19.9 Å². The number of rotatable bonds is 7. The van der Waals surface area contributed by atoms with Crippen LogP contribution < -0.4 is 21.2 Å². The van der Waals surface area contributed by atoms with Crippen LogP contribution in [0.1, 0.15) is 18.1 Å². The lowest BCUT2D eigenvalue weighted by atomic mass is 10.2. The summed E-state index contributed by atoms with van der Waals surface area (Å²) in [5.41, 5.74) is 5.49. The minimum Gasteiger partial charge on any atom is -0.484 e. The lowest BCUT2D eigenvalue weighted by Gasteiger charge is -2.13. The van der Waals surface area contributed by atoms with Crippen molar-refractivity contribution in [3.05, 3.63) is 64.1 Å². The lowest BCUT2D eigenvalue weighted by Crippen LogP contribution is -2.45. The Kier molecular flexibility index (Phi) is 6.54. The first-order chi connectivity index (χ1) is 14.8. The molecule has 0 aliphatic carbocycles. The summed E-state index contributed by atoms with van der Waals surface area (Å²) in [4.78, 5) is 36.2. The number of hydrazone groups is 1. The molecule has 0 saturated carbocycles. The van der Waals surface area contributed by atoms with Gasteiger partial charge in [-0.1, -0.05) is 24.3 Å². The number of amides is 2. The minimum atomic E-state index is -0.789. The number of carbonyl (C=O) groups excluding carboxylic acids is 2. The van der Waals surface area contributed by atoms with E-state index in [9.17, 15) is 14.4 Å². The van der Waals surface area contributed by atoms with Crippen LogP contribution >= 0.6 is 0 Å². The van der Waals surface area contributed by atoms with Crippen LogP contribution in [0.4, 0.5) is 0 Å². The molecule has 2 N–H and O–H groups in total. The number of hydrogen-bond donors (Lipinski definition) is 2. The predicted octanol–water partition coefficient (Wildman–Crippen LogP) is 1.22. The number of benzene rings is 2. The van der Waals surface area contributed by atoms with Crippen molar-refractivity contribution in [2.45, 2.75) is 19.9 Å². The van der Waals surface area contributed by atoms with Gasteiger partial charge in [0.1, 0.15) is 11.8 Å². The monoisotopic (exact) mass is 423 g/mol. The molecule has 1 unspecified atom stereocenters. The summed E-state index contributed by atoms with van der Waals surface area (Å²) < 4.78 is 8.58. The van der Waals surface area contributed by atoms with Crippen molar-refractivity contribution < 1.29 is 14.3 Å². The number of aromatic nitrogens is 2. The standard InChI is InChI=1S/C22H25N5O4/c1-14-7-5-6-8-19(14)31-13-20(28)24-15(2)21(29)25-23-12-16-9-10-17-18(11-16)27(4)22(30)26(17)3/h5-12,15H,13H2,1-4H3,(H,24,28)(H,25,29)/b23-12-. The van der Waals surface area contributed by atoms with Gasteiger partial charge in [-0.25, -0.2) is 10.2 Å². The van der Waals surface area contributed by atoms with Crippen molar-refractivity contribution in [3.8, 4) is 5.75 Å². The molecule has 2 aromatic carbocycles. The van der Waals surface area contributed by atoms with Crippen LogP contribution in [0.15, 0.2) is 52.4 Å². The van der Waals surface area contributed by atoms with E-state index >= 15 is 0 Å². The number of para-hydroxylation sites is 1. The Labute approximate surface area is 179 Å². The fraction of sp³-hybridized carbons (Fsp3) is 0.273. The Morgan fingerprint density at radius 3 is 2.58 bits per heavy atom. The molecule has 162 valence electrons. The average molecular weight is 423 g/mol. The Morgan fingerprint density at radius 2 is 1.84 bits per heavy atom. The van der Waals surface area contributed by atoms with Crippen LogP contribution in [-0.2, 0) is 23.7 Å². The van der Waals surface area contributed by atoms with Gasteiger partial charge < -0.3 is 10.1 Å². The first-order valence-corrected chi connectivity index (χ1v) is 9.74. The molecular formula is C22H25N5O4. The lowest BCUT2D eigenvalue weighted by molar-refractivity contribution is -0.129. The molecule has 0 aliphatic rings. The highest BCUT2D eigenvalue weighted by Crippen LogP contribution is 2.15. The quantitative estimate of drug-likeness (QED) is 0.440. The third-order valence-corrected chi connectivity index (χ3v) is 4.91. The fourth-order valence-electron chi connectivity index (χ4n) is 3.08. The van der Waals surface area contributed by atoms with Gasteiger partial charge in [-0.15, -0.1) is 0 Å². The third-order valence-electron chi connectivity index (χ3n) is 4.91. The van der Waals surface area contributed by atoms with Crippen LogP contribution in [0.2, 0.25) is 0 Å². The summed E-state index contributed by atoms with van der Waals surface area (Å²) in [6, 6.07) is 12.0. The zero-order valence-electron chi connectivity index (χ0n) is 17.9. The molecule has 0 saturated heterocycles. The van der Waals surface area contributed by atoms with Crippen LogP contribution in [0.25, 0.3) is 11.0 Å². The Morgan fingerprint density at radius 1 is 1.13 bits per heavy atom. The summed E-state index contributed by atoms with van der Waals surface area (Å²) in [5, 5.41) is 6.51. The van der Waals surface area contributed by atoms with E-state index in [1.807, 2.05) is 31.2 Å². The largest absolute Gasteiger partial charge is 0.484 e. The molecule has 2 amide bonds. The average Bonchev–Trinajstić information content (AvgIpc) is 2.96. The van der Waals surface area contributed by atoms with Gasteiger partial charge in [0.25, 0.3) is 11.8 Å². The van der Waals surface area contributed by atoms with Crippen LogP contribution in [0.3, 0.4) is 0 Å². The summed E-state index contributed by atoms with van der Waals surface area (Å²) in [6.45, 7) is 3.25. The maximum absolute atomic E-state index is 12.2. The molecule has 9 nitrogen and oxygen atoms in total. The van der Waals surface area contributed by atoms with Crippen LogP contribution in [0, 0.1) is 6.92 Å². The van der Waals surface area contributed by atoms with Gasteiger partial charge in [0.2, 0.25) is 0 Å². The smallest absolute Gasteiger partial charge is 0.328 e. The summed E-state index contributed by atoms with van der Waals surface area (Å²) in [5.74, 6) is -0.258. The highest BCUT2D eigenvalue weighted by Gasteiger charge is 2.15. The van der Waals surface area contributed by atoms with Gasteiger partial charge >= 0.3 is 5.69 Å². The summed E-state index contributed by atoms with van der Waals surface area (Å²) >= 11 is 0. The second kappa shape index (κ2) is 9.29. The Bertz CT molecular complexity index is 1210. The first kappa shape index (κ1) is 21.8. The number of nitrogens with one attached hydrogen (secondary N) is 2. The van der Waals surface area contributed by atoms with Crippen LogP contribution in [-0.4, -0.2) is 39.8 Å². The van der Waals surface area contributed by atoms with Gasteiger partial charge in [-0.3, -0.25) is 18.7 Å². The Balaban J connectivity index is 1.52. The molecule has 0 spiro atoms. The van der Waals surface area contributed by atoms with E-state index in [0.29, 0.717) is 5.75 Å². The minimum absolute atomic E-state index is 0.117. The zero-order valence-corrected chi connectivity index (χ0v) is 17.9. The molecule has 1 atom stereocenters. The van der Waals surface area contributed by atoms with Crippen molar-refractivity contribution >= 4 is 29.1 Å². The van der Waals surface area contributed by atoms with E-state index < -0.39 is 17.9 Å². The van der Waals surface area contributed by atoms with Crippen LogP contribution in [0.5, 0.6) is 5.75 Å². The number of ether oxygens (including phenoxy) is 1. The van der Waals surface area contributed by atoms with E-state index in [2.05, 4.69) is 15.8 Å². The summed E-state index contributed by atoms with van der Waals surface area (Å²) in [7, 11) is 3.40. The topological polar surface area (TPSA) is 107 Å². The highest BCUT2D eigenvalue weighted by molar-refractivity contribution is 5.90. The molecule has 3 aromatic rings. The van der Waals surface area contributed by atoms with Gasteiger partial charge in [0, 0.05) is 14.1 Å². The molecule has 0 radical (unpaired) electrons. The van der Waals surface area contributed by atoms with Gasteiger partial charge in [0.05, 0.1) is 17.2 Å². The number of fused-ring (bicyclic) bond motifs is 1. The van der Waals surface area contributed by atoms with Gasteiger partial charge in [0.15, 0.2) is 6.61 Å². The summed E-state index contributed by atoms with van der Waals surface area (Å²) in [6.07, 6.45) is 1.48. The molecule has 9 heteroatoms. The highest BCUT2D eigenvalue weighted by atomic mass is 16.5. The molecule has 1 heterocycles. The van der Waals surface area contributed by atoms with Crippen molar-refractivity contribution in [1.29, 1.82) is 0 Å².